The lowest BCUT2D eigenvalue weighted by Gasteiger charge is -2.21. The first-order valence-corrected chi connectivity index (χ1v) is 10.4. The number of nitrogens with zero attached hydrogens (tertiary/aromatic N) is 2. The molecule has 0 radical (unpaired) electrons. The van der Waals surface area contributed by atoms with Gasteiger partial charge in [-0.3, -0.25) is 9.20 Å². The highest BCUT2D eigenvalue weighted by Crippen LogP contribution is 2.33. The molecule has 3 aromatic rings. The van der Waals surface area contributed by atoms with Crippen molar-refractivity contribution in [2.45, 2.75) is 20.8 Å². The van der Waals surface area contributed by atoms with E-state index in [9.17, 15) is 4.79 Å². The molecule has 2 aromatic heterocycles. The summed E-state index contributed by atoms with van der Waals surface area (Å²) < 4.78 is 13.7. The highest BCUT2D eigenvalue weighted by molar-refractivity contribution is 14.1. The number of halogens is 1. The molecule has 142 valence electrons. The maximum atomic E-state index is 12.4. The number of rotatable bonds is 5. The van der Waals surface area contributed by atoms with Gasteiger partial charge in [0.1, 0.15) is 3.57 Å². The summed E-state index contributed by atoms with van der Waals surface area (Å²) in [6.45, 7) is 6.92. The van der Waals surface area contributed by atoms with Gasteiger partial charge in [-0.2, -0.15) is 0 Å². The number of para-hydroxylation sites is 1. The summed E-state index contributed by atoms with van der Waals surface area (Å²) >= 11 is 3.48. The van der Waals surface area contributed by atoms with Gasteiger partial charge in [0.25, 0.3) is 5.56 Å². The Labute approximate surface area is 175 Å². The molecular weight excluding hydrogens is 475 g/mol. The van der Waals surface area contributed by atoms with Crippen LogP contribution >= 0.6 is 33.9 Å². The van der Waals surface area contributed by atoms with Crippen molar-refractivity contribution in [2.24, 2.45) is 5.41 Å². The molecule has 0 atom stereocenters. The molecule has 0 unspecified atom stereocenters. The van der Waals surface area contributed by atoms with Crippen LogP contribution in [0.15, 0.2) is 34.6 Å². The molecule has 27 heavy (non-hydrogen) atoms. The molecule has 5 nitrogen and oxygen atoms in total. The van der Waals surface area contributed by atoms with Crippen LogP contribution in [0.2, 0.25) is 0 Å². The molecule has 0 aliphatic rings. The predicted molar refractivity (Wildman–Crippen MR) is 119 cm³/mol. The molecule has 0 aliphatic heterocycles. The monoisotopic (exact) mass is 496 g/mol. The second-order valence-corrected chi connectivity index (χ2v) is 9.18. The molecule has 0 N–H and O–H groups in total. The standard InChI is InChI=1S/C20H21IN2O3S/c1-20(2,3)12-26-17-13(6-5-7-15(17)25-4)8-9-14-16(21)18(24)23-10-11-27-19(23)22-14/h5-11H,12H2,1-4H3. The fourth-order valence-electron chi connectivity index (χ4n) is 2.42. The van der Waals surface area contributed by atoms with Crippen LogP contribution in [0, 0.1) is 8.99 Å². The molecule has 2 heterocycles. The predicted octanol–water partition coefficient (Wildman–Crippen LogP) is 4.96. The highest BCUT2D eigenvalue weighted by atomic mass is 127. The van der Waals surface area contributed by atoms with Crippen LogP contribution in [0.1, 0.15) is 32.0 Å². The van der Waals surface area contributed by atoms with Gasteiger partial charge < -0.3 is 9.47 Å². The van der Waals surface area contributed by atoms with E-state index in [4.69, 9.17) is 9.47 Å². The zero-order chi connectivity index (χ0) is 19.6. The SMILES string of the molecule is COc1cccc(C=Cc2nc3sccn3c(=O)c2I)c1OCC(C)(C)C. The summed E-state index contributed by atoms with van der Waals surface area (Å²) in [5.74, 6) is 1.37. The number of hydrogen-bond donors (Lipinski definition) is 0. The van der Waals surface area contributed by atoms with E-state index in [0.29, 0.717) is 32.3 Å². The van der Waals surface area contributed by atoms with Gasteiger partial charge in [-0.15, -0.1) is 11.3 Å². The molecule has 0 amide bonds. The molecule has 0 fully saturated rings. The van der Waals surface area contributed by atoms with Crippen molar-refractivity contribution in [1.29, 1.82) is 0 Å². The van der Waals surface area contributed by atoms with Crippen LogP contribution in [0.25, 0.3) is 17.1 Å². The van der Waals surface area contributed by atoms with Crippen molar-refractivity contribution in [2.75, 3.05) is 13.7 Å². The van der Waals surface area contributed by atoms with E-state index in [-0.39, 0.29) is 11.0 Å². The third kappa shape index (κ3) is 4.52. The van der Waals surface area contributed by atoms with Crippen LogP contribution in [-0.2, 0) is 0 Å². The average molecular weight is 496 g/mol. The molecule has 1 aromatic carbocycles. The van der Waals surface area contributed by atoms with Gasteiger partial charge >= 0.3 is 0 Å². The molecule has 0 spiro atoms. The third-order valence-corrected chi connectivity index (χ3v) is 5.51. The molecule has 0 saturated carbocycles. The van der Waals surface area contributed by atoms with E-state index < -0.39 is 0 Å². The van der Waals surface area contributed by atoms with Crippen LogP contribution in [-0.4, -0.2) is 23.1 Å². The van der Waals surface area contributed by atoms with Gasteiger partial charge in [-0.1, -0.05) is 32.9 Å². The zero-order valence-corrected chi connectivity index (χ0v) is 18.6. The summed E-state index contributed by atoms with van der Waals surface area (Å²) in [5, 5.41) is 1.85. The lowest BCUT2D eigenvalue weighted by Crippen LogP contribution is -2.17. The Balaban J connectivity index is 2.00. The number of aromatic nitrogens is 2. The van der Waals surface area contributed by atoms with Crippen molar-refractivity contribution in [3.8, 4) is 11.5 Å². The lowest BCUT2D eigenvalue weighted by atomic mass is 9.98. The highest BCUT2D eigenvalue weighted by Gasteiger charge is 2.16. The van der Waals surface area contributed by atoms with Gasteiger partial charge in [0, 0.05) is 17.1 Å². The second-order valence-electron chi connectivity index (χ2n) is 7.23. The quantitative estimate of drug-likeness (QED) is 0.469. The summed E-state index contributed by atoms with van der Waals surface area (Å²) in [6.07, 6.45) is 5.50. The van der Waals surface area contributed by atoms with E-state index in [1.54, 1.807) is 17.7 Å². The topological polar surface area (TPSA) is 52.8 Å². The minimum absolute atomic E-state index is 0.0255. The smallest absolute Gasteiger partial charge is 0.272 e. The van der Waals surface area contributed by atoms with Crippen molar-refractivity contribution < 1.29 is 9.47 Å². The number of fused-ring (bicyclic) bond motifs is 1. The second kappa shape index (κ2) is 8.02. The largest absolute Gasteiger partial charge is 0.493 e. The maximum Gasteiger partial charge on any atom is 0.272 e. The van der Waals surface area contributed by atoms with E-state index in [2.05, 4.69) is 25.8 Å². The minimum Gasteiger partial charge on any atom is -0.493 e. The molecule has 0 saturated heterocycles. The van der Waals surface area contributed by atoms with Crippen LogP contribution in [0.5, 0.6) is 11.5 Å². The molecule has 0 bridgehead atoms. The van der Waals surface area contributed by atoms with Gasteiger partial charge in [0.15, 0.2) is 16.5 Å². The number of hydrogen-bond acceptors (Lipinski definition) is 5. The molecular formula is C20H21IN2O3S. The summed E-state index contributed by atoms with van der Waals surface area (Å²) in [7, 11) is 1.63. The molecule has 0 aliphatic carbocycles. The van der Waals surface area contributed by atoms with E-state index in [0.717, 1.165) is 5.56 Å². The molecule has 7 heteroatoms. The maximum absolute atomic E-state index is 12.4. The van der Waals surface area contributed by atoms with Crippen molar-refractivity contribution in [3.05, 3.63) is 55.0 Å². The van der Waals surface area contributed by atoms with Crippen molar-refractivity contribution >= 4 is 51.0 Å². The molecule has 3 rings (SSSR count). The normalized spacial score (nSPS) is 12.0. The first-order valence-electron chi connectivity index (χ1n) is 8.43. The number of methoxy groups -OCH3 is 1. The fourth-order valence-corrected chi connectivity index (χ4v) is 3.69. The van der Waals surface area contributed by atoms with Crippen molar-refractivity contribution in [3.63, 3.8) is 0 Å². The number of benzene rings is 1. The van der Waals surface area contributed by atoms with Crippen LogP contribution < -0.4 is 15.0 Å². The fraction of sp³-hybridized carbons (Fsp3) is 0.300. The summed E-state index contributed by atoms with van der Waals surface area (Å²) in [4.78, 5) is 17.7. The van der Waals surface area contributed by atoms with Crippen LogP contribution in [0.3, 0.4) is 0 Å². The number of thiazole rings is 1. The first kappa shape index (κ1) is 19.9. The lowest BCUT2D eigenvalue weighted by molar-refractivity contribution is 0.191. The van der Waals surface area contributed by atoms with Crippen molar-refractivity contribution in [1.82, 2.24) is 9.38 Å². The van der Waals surface area contributed by atoms with Crippen LogP contribution in [0.4, 0.5) is 0 Å². The van der Waals surface area contributed by atoms with E-state index >= 15 is 0 Å². The van der Waals surface area contributed by atoms with E-state index in [1.807, 2.05) is 58.3 Å². The van der Waals surface area contributed by atoms with Gasteiger partial charge in [-0.05, 0) is 46.2 Å². The summed E-state index contributed by atoms with van der Waals surface area (Å²) in [6, 6.07) is 5.75. The Morgan fingerprint density at radius 2 is 2.07 bits per heavy atom. The Bertz CT molecular complexity index is 1050. The Kier molecular flexibility index (Phi) is 5.90. The third-order valence-electron chi connectivity index (χ3n) is 3.74. The Morgan fingerprint density at radius 1 is 1.30 bits per heavy atom. The number of ether oxygens (including phenoxy) is 2. The van der Waals surface area contributed by atoms with Gasteiger partial charge in [0.05, 0.1) is 19.4 Å². The average Bonchev–Trinajstić information content (AvgIpc) is 3.09. The summed E-state index contributed by atoms with van der Waals surface area (Å²) in [5.41, 5.74) is 1.49. The van der Waals surface area contributed by atoms with E-state index in [1.165, 1.54) is 11.3 Å². The Morgan fingerprint density at radius 3 is 2.78 bits per heavy atom. The van der Waals surface area contributed by atoms with Gasteiger partial charge in [-0.25, -0.2) is 4.98 Å². The minimum atomic E-state index is -0.0589. The Hall–Kier alpha value is -1.87. The first-order chi connectivity index (χ1) is 12.8. The zero-order valence-electron chi connectivity index (χ0n) is 15.7. The van der Waals surface area contributed by atoms with Gasteiger partial charge in [0.2, 0.25) is 0 Å².